The summed E-state index contributed by atoms with van der Waals surface area (Å²) in [7, 11) is 0. The third kappa shape index (κ3) is 3.57. The van der Waals surface area contributed by atoms with E-state index in [2.05, 4.69) is 10.4 Å². The summed E-state index contributed by atoms with van der Waals surface area (Å²) < 4.78 is 1.86. The zero-order chi connectivity index (χ0) is 20.5. The Morgan fingerprint density at radius 1 is 1.10 bits per heavy atom. The molecule has 0 radical (unpaired) electrons. The highest BCUT2D eigenvalue weighted by molar-refractivity contribution is 6.08. The molecule has 1 unspecified atom stereocenters. The van der Waals surface area contributed by atoms with Crippen molar-refractivity contribution in [1.82, 2.24) is 20.0 Å². The van der Waals surface area contributed by atoms with E-state index in [9.17, 15) is 14.4 Å². The number of benzene rings is 1. The fourth-order valence-corrected chi connectivity index (χ4v) is 4.27. The predicted molar refractivity (Wildman–Crippen MR) is 108 cm³/mol. The Labute approximate surface area is 170 Å². The van der Waals surface area contributed by atoms with Gasteiger partial charge in [-0.25, -0.2) is 4.68 Å². The molecule has 2 aromatic rings. The summed E-state index contributed by atoms with van der Waals surface area (Å²) in [6, 6.07) is 8.75. The van der Waals surface area contributed by atoms with Gasteiger partial charge in [-0.05, 0) is 51.7 Å². The molecule has 152 valence electrons. The molecule has 2 heterocycles. The first-order chi connectivity index (χ1) is 14.0. The smallest absolute Gasteiger partial charge is 0.272 e. The van der Waals surface area contributed by atoms with Gasteiger partial charge in [0.15, 0.2) is 5.69 Å². The van der Waals surface area contributed by atoms with Crippen molar-refractivity contribution in [2.75, 3.05) is 0 Å². The number of nitrogens with one attached hydrogen (secondary N) is 1. The van der Waals surface area contributed by atoms with Crippen molar-refractivity contribution in [1.29, 1.82) is 0 Å². The van der Waals surface area contributed by atoms with Crippen molar-refractivity contribution >= 4 is 17.7 Å². The van der Waals surface area contributed by atoms with Gasteiger partial charge in [-0.15, -0.1) is 0 Å². The number of fused-ring (bicyclic) bond motifs is 1. The first kappa shape index (κ1) is 19.4. The summed E-state index contributed by atoms with van der Waals surface area (Å²) in [6.45, 7) is 3.59. The zero-order valence-corrected chi connectivity index (χ0v) is 16.9. The maximum atomic E-state index is 13.1. The standard InChI is InChI=1S/C22H26N4O3/c1-14(2)25-19(27)13-17(22(25)29)23-21(28)20-16-11-7-4-8-12-18(16)26(24-20)15-9-5-3-6-10-15/h3,5-6,9-10,14,17H,4,7-8,11-13H2,1-2H3,(H,23,28). The molecule has 1 N–H and O–H groups in total. The topological polar surface area (TPSA) is 84.3 Å². The molecule has 1 aliphatic carbocycles. The van der Waals surface area contributed by atoms with E-state index in [-0.39, 0.29) is 30.2 Å². The van der Waals surface area contributed by atoms with Gasteiger partial charge >= 0.3 is 0 Å². The molecule has 2 aliphatic rings. The van der Waals surface area contributed by atoms with Gasteiger partial charge in [0.25, 0.3) is 11.8 Å². The summed E-state index contributed by atoms with van der Waals surface area (Å²) >= 11 is 0. The Kier molecular flexibility index (Phi) is 5.22. The fourth-order valence-electron chi connectivity index (χ4n) is 4.27. The van der Waals surface area contributed by atoms with Gasteiger partial charge in [-0.1, -0.05) is 24.6 Å². The third-order valence-electron chi connectivity index (χ3n) is 5.65. The molecular weight excluding hydrogens is 368 g/mol. The number of carbonyl (C=O) groups excluding carboxylic acids is 3. The molecule has 7 nitrogen and oxygen atoms in total. The second-order valence-electron chi connectivity index (χ2n) is 8.01. The lowest BCUT2D eigenvalue weighted by Crippen LogP contribution is -2.44. The second-order valence-corrected chi connectivity index (χ2v) is 8.01. The van der Waals surface area contributed by atoms with E-state index in [1.165, 1.54) is 4.90 Å². The van der Waals surface area contributed by atoms with Crippen LogP contribution in [0.25, 0.3) is 5.69 Å². The van der Waals surface area contributed by atoms with E-state index in [1.54, 1.807) is 13.8 Å². The van der Waals surface area contributed by atoms with Crippen LogP contribution in [0.2, 0.25) is 0 Å². The Bertz CT molecular complexity index is 948. The average molecular weight is 394 g/mol. The summed E-state index contributed by atoms with van der Waals surface area (Å²) in [6.07, 6.45) is 4.85. The molecule has 1 fully saturated rings. The van der Waals surface area contributed by atoms with Gasteiger partial charge in [0.05, 0.1) is 12.1 Å². The fraction of sp³-hybridized carbons (Fsp3) is 0.455. The number of hydrogen-bond donors (Lipinski definition) is 1. The quantitative estimate of drug-likeness (QED) is 0.638. The lowest BCUT2D eigenvalue weighted by molar-refractivity contribution is -0.140. The van der Waals surface area contributed by atoms with Crippen LogP contribution in [0.5, 0.6) is 0 Å². The monoisotopic (exact) mass is 394 g/mol. The molecule has 29 heavy (non-hydrogen) atoms. The van der Waals surface area contributed by atoms with Crippen LogP contribution in [-0.4, -0.2) is 44.5 Å². The number of para-hydroxylation sites is 1. The highest BCUT2D eigenvalue weighted by Gasteiger charge is 2.41. The molecular formula is C22H26N4O3. The number of rotatable bonds is 4. The second kappa shape index (κ2) is 7.81. The minimum Gasteiger partial charge on any atom is -0.338 e. The first-order valence-corrected chi connectivity index (χ1v) is 10.3. The Balaban J connectivity index is 1.65. The van der Waals surface area contributed by atoms with E-state index < -0.39 is 6.04 Å². The number of hydrogen-bond acceptors (Lipinski definition) is 4. The van der Waals surface area contributed by atoms with Gasteiger partial charge < -0.3 is 5.32 Å². The predicted octanol–water partition coefficient (Wildman–Crippen LogP) is 2.41. The summed E-state index contributed by atoms with van der Waals surface area (Å²) in [5.74, 6) is -0.967. The Morgan fingerprint density at radius 2 is 1.83 bits per heavy atom. The van der Waals surface area contributed by atoms with Gasteiger partial charge in [-0.2, -0.15) is 5.10 Å². The molecule has 0 saturated carbocycles. The van der Waals surface area contributed by atoms with Crippen molar-refractivity contribution in [3.05, 3.63) is 47.3 Å². The molecule has 1 aromatic carbocycles. The Morgan fingerprint density at radius 3 is 2.52 bits per heavy atom. The molecule has 0 bridgehead atoms. The van der Waals surface area contributed by atoms with E-state index in [1.807, 2.05) is 35.0 Å². The van der Waals surface area contributed by atoms with Gasteiger partial charge in [-0.3, -0.25) is 19.3 Å². The molecule has 1 atom stereocenters. The van der Waals surface area contributed by atoms with Crippen LogP contribution >= 0.6 is 0 Å². The van der Waals surface area contributed by atoms with E-state index >= 15 is 0 Å². The summed E-state index contributed by atoms with van der Waals surface area (Å²) in [4.78, 5) is 39.0. The molecule has 0 spiro atoms. The van der Waals surface area contributed by atoms with Crippen LogP contribution in [0.15, 0.2) is 30.3 Å². The van der Waals surface area contributed by atoms with E-state index in [0.29, 0.717) is 5.69 Å². The normalized spacial score (nSPS) is 19.4. The van der Waals surface area contributed by atoms with E-state index in [0.717, 1.165) is 49.0 Å². The summed E-state index contributed by atoms with van der Waals surface area (Å²) in [5, 5.41) is 7.41. The number of imide groups is 1. The maximum Gasteiger partial charge on any atom is 0.272 e. The van der Waals surface area contributed by atoms with E-state index in [4.69, 9.17) is 0 Å². The number of carbonyl (C=O) groups is 3. The number of nitrogens with zero attached hydrogens (tertiary/aromatic N) is 3. The van der Waals surface area contributed by atoms with Crippen molar-refractivity contribution in [2.45, 2.75) is 64.5 Å². The van der Waals surface area contributed by atoms with Crippen LogP contribution in [0.1, 0.15) is 61.3 Å². The van der Waals surface area contributed by atoms with Crippen LogP contribution in [0, 0.1) is 0 Å². The van der Waals surface area contributed by atoms with Crippen molar-refractivity contribution < 1.29 is 14.4 Å². The van der Waals surface area contributed by atoms with Gasteiger partial charge in [0.1, 0.15) is 6.04 Å². The zero-order valence-electron chi connectivity index (χ0n) is 16.9. The molecule has 1 saturated heterocycles. The number of amides is 3. The molecule has 1 aromatic heterocycles. The van der Waals surface area contributed by atoms with Crippen molar-refractivity contribution in [3.63, 3.8) is 0 Å². The average Bonchev–Trinajstić information content (AvgIpc) is 3.08. The van der Waals surface area contributed by atoms with Gasteiger partial charge in [0, 0.05) is 17.3 Å². The molecule has 4 rings (SSSR count). The highest BCUT2D eigenvalue weighted by Crippen LogP contribution is 2.27. The van der Waals surface area contributed by atoms with Crippen LogP contribution < -0.4 is 5.32 Å². The Hall–Kier alpha value is -2.96. The molecule has 1 aliphatic heterocycles. The summed E-state index contributed by atoms with van der Waals surface area (Å²) in [5.41, 5.74) is 3.31. The number of likely N-dealkylation sites (tertiary alicyclic amines) is 1. The minimum atomic E-state index is -0.819. The SMILES string of the molecule is CC(C)N1C(=O)CC(NC(=O)c2nn(-c3ccccc3)c3c2CCCCC3)C1=O. The van der Waals surface area contributed by atoms with Crippen LogP contribution in [-0.2, 0) is 22.4 Å². The minimum absolute atomic E-state index is 0.00430. The maximum absolute atomic E-state index is 13.1. The third-order valence-corrected chi connectivity index (χ3v) is 5.65. The largest absolute Gasteiger partial charge is 0.338 e. The van der Waals surface area contributed by atoms with Crippen LogP contribution in [0.4, 0.5) is 0 Å². The molecule has 3 amide bonds. The van der Waals surface area contributed by atoms with Crippen molar-refractivity contribution in [3.8, 4) is 5.69 Å². The van der Waals surface area contributed by atoms with Crippen LogP contribution in [0.3, 0.4) is 0 Å². The first-order valence-electron chi connectivity index (χ1n) is 10.3. The van der Waals surface area contributed by atoms with Crippen molar-refractivity contribution in [2.24, 2.45) is 0 Å². The highest BCUT2D eigenvalue weighted by atomic mass is 16.2. The lowest BCUT2D eigenvalue weighted by atomic mass is 10.1. The number of aromatic nitrogens is 2. The molecule has 7 heteroatoms. The van der Waals surface area contributed by atoms with Gasteiger partial charge in [0.2, 0.25) is 5.91 Å². The lowest BCUT2D eigenvalue weighted by Gasteiger charge is -2.19.